The molecule has 104 valence electrons. The van der Waals surface area contributed by atoms with Crippen LogP contribution >= 0.6 is 15.9 Å². The normalized spacial score (nSPS) is 15.9. The quantitative estimate of drug-likeness (QED) is 0.934. The maximum atomic E-state index is 6.64. The van der Waals surface area contributed by atoms with E-state index < -0.39 is 0 Å². The van der Waals surface area contributed by atoms with Crippen molar-refractivity contribution in [2.45, 2.75) is 24.8 Å². The summed E-state index contributed by atoms with van der Waals surface area (Å²) in [5, 5.41) is 0. The molecule has 0 saturated carbocycles. The van der Waals surface area contributed by atoms with Crippen LogP contribution in [0, 0.1) is 0 Å². The highest BCUT2D eigenvalue weighted by molar-refractivity contribution is 9.10. The number of halogens is 1. The van der Waals surface area contributed by atoms with Gasteiger partial charge in [0.2, 0.25) is 0 Å². The van der Waals surface area contributed by atoms with Gasteiger partial charge in [0, 0.05) is 10.0 Å². The van der Waals surface area contributed by atoms with Crippen LogP contribution in [0.15, 0.2) is 46.9 Å². The Kier molecular flexibility index (Phi) is 3.57. The van der Waals surface area contributed by atoms with Crippen molar-refractivity contribution in [1.82, 2.24) is 0 Å². The molecule has 0 bridgehead atoms. The predicted octanol–water partition coefficient (Wildman–Crippen LogP) is 3.50. The van der Waals surface area contributed by atoms with Crippen LogP contribution < -0.4 is 10.5 Å². The van der Waals surface area contributed by atoms with E-state index in [-0.39, 0.29) is 5.54 Å². The smallest absolute Gasteiger partial charge is 0.122 e. The Morgan fingerprint density at radius 1 is 1.15 bits per heavy atom. The molecule has 3 rings (SSSR count). The maximum absolute atomic E-state index is 6.64. The van der Waals surface area contributed by atoms with Crippen LogP contribution in [-0.4, -0.2) is 12.6 Å². The Balaban J connectivity index is 1.87. The molecule has 2 aromatic carbocycles. The standard InChI is InChI=1S/C17H18BrNO/c1-20-16-7-6-15(18)8-14(16)11-17(19)9-12-4-2-3-5-13(12)10-17/h2-8H,9-11,19H2,1H3. The first-order chi connectivity index (χ1) is 9.59. The molecular weight excluding hydrogens is 314 g/mol. The Bertz CT molecular complexity index is 614. The molecule has 0 fully saturated rings. The molecule has 0 aromatic heterocycles. The first-order valence-electron chi connectivity index (χ1n) is 6.78. The molecule has 1 aliphatic rings. The lowest BCUT2D eigenvalue weighted by Crippen LogP contribution is -2.43. The molecule has 3 heteroatoms. The summed E-state index contributed by atoms with van der Waals surface area (Å²) in [6, 6.07) is 14.6. The monoisotopic (exact) mass is 331 g/mol. The van der Waals surface area contributed by atoms with Crippen molar-refractivity contribution >= 4 is 15.9 Å². The van der Waals surface area contributed by atoms with Gasteiger partial charge in [-0.25, -0.2) is 0 Å². The van der Waals surface area contributed by atoms with E-state index in [1.165, 1.54) is 11.1 Å². The van der Waals surface area contributed by atoms with E-state index >= 15 is 0 Å². The fourth-order valence-corrected chi connectivity index (χ4v) is 3.52. The molecule has 0 aliphatic heterocycles. The maximum Gasteiger partial charge on any atom is 0.122 e. The topological polar surface area (TPSA) is 35.2 Å². The minimum absolute atomic E-state index is 0.211. The largest absolute Gasteiger partial charge is 0.496 e. The second kappa shape index (κ2) is 5.23. The summed E-state index contributed by atoms with van der Waals surface area (Å²) in [5.41, 5.74) is 10.4. The second-order valence-electron chi connectivity index (χ2n) is 5.62. The average Bonchev–Trinajstić information content (AvgIpc) is 2.74. The molecular formula is C17H18BrNO. The zero-order valence-electron chi connectivity index (χ0n) is 11.5. The fraction of sp³-hybridized carbons (Fsp3) is 0.294. The Morgan fingerprint density at radius 2 is 1.80 bits per heavy atom. The van der Waals surface area contributed by atoms with Gasteiger partial charge in [-0.1, -0.05) is 40.2 Å². The summed E-state index contributed by atoms with van der Waals surface area (Å²) in [5.74, 6) is 0.911. The number of hydrogen-bond donors (Lipinski definition) is 1. The van der Waals surface area contributed by atoms with E-state index in [9.17, 15) is 0 Å². The molecule has 0 spiro atoms. The number of methoxy groups -OCH3 is 1. The minimum Gasteiger partial charge on any atom is -0.496 e. The van der Waals surface area contributed by atoms with Gasteiger partial charge < -0.3 is 10.5 Å². The van der Waals surface area contributed by atoms with E-state index in [4.69, 9.17) is 10.5 Å². The molecule has 20 heavy (non-hydrogen) atoms. The molecule has 0 heterocycles. The van der Waals surface area contributed by atoms with Gasteiger partial charge in [-0.15, -0.1) is 0 Å². The zero-order chi connectivity index (χ0) is 14.2. The van der Waals surface area contributed by atoms with Crippen LogP contribution in [0.2, 0.25) is 0 Å². The van der Waals surface area contributed by atoms with Gasteiger partial charge in [0.05, 0.1) is 7.11 Å². The van der Waals surface area contributed by atoms with Crippen molar-refractivity contribution < 1.29 is 4.74 Å². The average molecular weight is 332 g/mol. The van der Waals surface area contributed by atoms with Gasteiger partial charge in [0.15, 0.2) is 0 Å². The van der Waals surface area contributed by atoms with Crippen LogP contribution in [0.3, 0.4) is 0 Å². The molecule has 0 atom stereocenters. The van der Waals surface area contributed by atoms with Gasteiger partial charge >= 0.3 is 0 Å². The summed E-state index contributed by atoms with van der Waals surface area (Å²) in [7, 11) is 1.71. The van der Waals surface area contributed by atoms with Crippen molar-refractivity contribution in [3.63, 3.8) is 0 Å². The molecule has 0 amide bonds. The first kappa shape index (κ1) is 13.7. The SMILES string of the molecule is COc1ccc(Br)cc1CC1(N)Cc2ccccc2C1. The van der Waals surface area contributed by atoms with E-state index in [0.717, 1.165) is 35.0 Å². The van der Waals surface area contributed by atoms with E-state index in [1.54, 1.807) is 7.11 Å². The van der Waals surface area contributed by atoms with Crippen LogP contribution in [-0.2, 0) is 19.3 Å². The summed E-state index contributed by atoms with van der Waals surface area (Å²) < 4.78 is 6.52. The predicted molar refractivity (Wildman–Crippen MR) is 85.2 cm³/mol. The third-order valence-electron chi connectivity index (χ3n) is 3.99. The van der Waals surface area contributed by atoms with Gasteiger partial charge in [-0.2, -0.15) is 0 Å². The lowest BCUT2D eigenvalue weighted by molar-refractivity contribution is 0.393. The number of benzene rings is 2. The highest BCUT2D eigenvalue weighted by Gasteiger charge is 2.34. The number of hydrogen-bond acceptors (Lipinski definition) is 2. The van der Waals surface area contributed by atoms with E-state index in [0.29, 0.717) is 0 Å². The Hall–Kier alpha value is -1.32. The molecule has 2 nitrogen and oxygen atoms in total. The molecule has 0 radical (unpaired) electrons. The summed E-state index contributed by atoms with van der Waals surface area (Å²) >= 11 is 3.52. The van der Waals surface area contributed by atoms with Crippen LogP contribution in [0.1, 0.15) is 16.7 Å². The zero-order valence-corrected chi connectivity index (χ0v) is 13.1. The van der Waals surface area contributed by atoms with Crippen molar-refractivity contribution in [1.29, 1.82) is 0 Å². The van der Waals surface area contributed by atoms with Crippen molar-refractivity contribution in [3.8, 4) is 5.75 Å². The molecule has 1 aliphatic carbocycles. The number of nitrogens with two attached hydrogens (primary N) is 1. The van der Waals surface area contributed by atoms with Gasteiger partial charge in [0.1, 0.15) is 5.75 Å². The van der Waals surface area contributed by atoms with Crippen LogP contribution in [0.25, 0.3) is 0 Å². The molecule has 0 saturated heterocycles. The highest BCUT2D eigenvalue weighted by atomic mass is 79.9. The summed E-state index contributed by atoms with van der Waals surface area (Å²) in [6.45, 7) is 0. The Labute approximate surface area is 128 Å². The third kappa shape index (κ3) is 2.60. The van der Waals surface area contributed by atoms with Gasteiger partial charge in [0.25, 0.3) is 0 Å². The lowest BCUT2D eigenvalue weighted by Gasteiger charge is -2.25. The molecule has 2 aromatic rings. The summed E-state index contributed by atoms with van der Waals surface area (Å²) in [6.07, 6.45) is 2.68. The lowest BCUT2D eigenvalue weighted by atomic mass is 9.88. The number of fused-ring (bicyclic) bond motifs is 1. The Morgan fingerprint density at radius 3 is 2.40 bits per heavy atom. The minimum atomic E-state index is -0.211. The fourth-order valence-electron chi connectivity index (χ4n) is 3.11. The number of ether oxygens (including phenoxy) is 1. The van der Waals surface area contributed by atoms with Crippen molar-refractivity contribution in [3.05, 3.63) is 63.6 Å². The van der Waals surface area contributed by atoms with Gasteiger partial charge in [-0.3, -0.25) is 0 Å². The summed E-state index contributed by atoms with van der Waals surface area (Å²) in [4.78, 5) is 0. The van der Waals surface area contributed by atoms with E-state index in [2.05, 4.69) is 46.3 Å². The van der Waals surface area contributed by atoms with Crippen molar-refractivity contribution in [2.75, 3.05) is 7.11 Å². The van der Waals surface area contributed by atoms with Crippen molar-refractivity contribution in [2.24, 2.45) is 5.73 Å². The van der Waals surface area contributed by atoms with E-state index in [1.807, 2.05) is 12.1 Å². The second-order valence-corrected chi connectivity index (χ2v) is 6.53. The third-order valence-corrected chi connectivity index (χ3v) is 4.48. The molecule has 2 N–H and O–H groups in total. The molecule has 0 unspecified atom stereocenters. The van der Waals surface area contributed by atoms with Crippen LogP contribution in [0.5, 0.6) is 5.75 Å². The van der Waals surface area contributed by atoms with Gasteiger partial charge in [-0.05, 0) is 54.2 Å². The first-order valence-corrected chi connectivity index (χ1v) is 7.57. The van der Waals surface area contributed by atoms with Crippen LogP contribution in [0.4, 0.5) is 0 Å². The highest BCUT2D eigenvalue weighted by Crippen LogP contribution is 2.34. The number of rotatable bonds is 3.